The van der Waals surface area contributed by atoms with Gasteiger partial charge in [0, 0.05) is 12.4 Å². The molecule has 4 nitrogen and oxygen atoms in total. The third kappa shape index (κ3) is 3.40. The maximum Gasteiger partial charge on any atom is 0.316 e. The lowest BCUT2D eigenvalue weighted by Gasteiger charge is -2.29. The second-order valence-corrected chi connectivity index (χ2v) is 4.89. The summed E-state index contributed by atoms with van der Waals surface area (Å²) in [7, 11) is 0. The molecule has 1 aromatic rings. The fraction of sp³-hybridized carbons (Fsp3) is 0.692. The SMILES string of the molecule is Cc1cnc(OCC2CCCCC2CN)nc1. The number of rotatable bonds is 4. The van der Waals surface area contributed by atoms with E-state index in [1.165, 1.54) is 25.7 Å². The summed E-state index contributed by atoms with van der Waals surface area (Å²) in [5, 5.41) is 0. The van der Waals surface area contributed by atoms with Crippen molar-refractivity contribution in [2.75, 3.05) is 13.2 Å². The molecule has 1 aromatic heterocycles. The van der Waals surface area contributed by atoms with Crippen molar-refractivity contribution in [3.8, 4) is 6.01 Å². The van der Waals surface area contributed by atoms with E-state index in [4.69, 9.17) is 10.5 Å². The predicted molar refractivity (Wildman–Crippen MR) is 66.8 cm³/mol. The van der Waals surface area contributed by atoms with Crippen LogP contribution < -0.4 is 10.5 Å². The Balaban J connectivity index is 1.86. The van der Waals surface area contributed by atoms with E-state index in [0.717, 1.165) is 12.1 Å². The molecule has 17 heavy (non-hydrogen) atoms. The van der Waals surface area contributed by atoms with Crippen LogP contribution in [-0.4, -0.2) is 23.1 Å². The zero-order chi connectivity index (χ0) is 12.1. The molecule has 1 fully saturated rings. The number of ether oxygens (including phenoxy) is 1. The average Bonchev–Trinajstić information content (AvgIpc) is 2.38. The summed E-state index contributed by atoms with van der Waals surface area (Å²) in [4.78, 5) is 8.30. The molecule has 0 aliphatic heterocycles. The van der Waals surface area contributed by atoms with Crippen molar-refractivity contribution >= 4 is 0 Å². The van der Waals surface area contributed by atoms with E-state index in [9.17, 15) is 0 Å². The van der Waals surface area contributed by atoms with Gasteiger partial charge in [-0.1, -0.05) is 12.8 Å². The lowest BCUT2D eigenvalue weighted by Crippen LogP contribution is -2.31. The highest BCUT2D eigenvalue weighted by molar-refractivity contribution is 5.04. The van der Waals surface area contributed by atoms with Gasteiger partial charge in [-0.05, 0) is 43.7 Å². The normalized spacial score (nSPS) is 24.6. The minimum Gasteiger partial charge on any atom is -0.463 e. The first-order valence-electron chi connectivity index (χ1n) is 6.41. The summed E-state index contributed by atoms with van der Waals surface area (Å²) in [6.45, 7) is 3.43. The van der Waals surface area contributed by atoms with Gasteiger partial charge >= 0.3 is 6.01 Å². The summed E-state index contributed by atoms with van der Waals surface area (Å²) in [5.41, 5.74) is 6.85. The highest BCUT2D eigenvalue weighted by atomic mass is 16.5. The Kier molecular flexibility index (Phi) is 4.31. The van der Waals surface area contributed by atoms with Gasteiger partial charge in [-0.2, -0.15) is 0 Å². The quantitative estimate of drug-likeness (QED) is 0.866. The smallest absolute Gasteiger partial charge is 0.316 e. The van der Waals surface area contributed by atoms with Gasteiger partial charge in [-0.3, -0.25) is 0 Å². The van der Waals surface area contributed by atoms with Crippen molar-refractivity contribution in [1.82, 2.24) is 9.97 Å². The fourth-order valence-electron chi connectivity index (χ4n) is 2.45. The van der Waals surface area contributed by atoms with E-state index in [0.29, 0.717) is 24.5 Å². The van der Waals surface area contributed by atoms with Gasteiger partial charge < -0.3 is 10.5 Å². The van der Waals surface area contributed by atoms with Crippen LogP contribution in [0, 0.1) is 18.8 Å². The van der Waals surface area contributed by atoms with Gasteiger partial charge in [0.05, 0.1) is 6.61 Å². The minimum atomic E-state index is 0.483. The van der Waals surface area contributed by atoms with Crippen LogP contribution in [0.15, 0.2) is 12.4 Å². The van der Waals surface area contributed by atoms with Gasteiger partial charge in [0.2, 0.25) is 0 Å². The zero-order valence-electron chi connectivity index (χ0n) is 10.4. The van der Waals surface area contributed by atoms with Gasteiger partial charge in [0.25, 0.3) is 0 Å². The number of aromatic nitrogens is 2. The number of aryl methyl sites for hydroxylation is 1. The van der Waals surface area contributed by atoms with Crippen molar-refractivity contribution in [2.24, 2.45) is 17.6 Å². The third-order valence-corrected chi connectivity index (χ3v) is 3.55. The minimum absolute atomic E-state index is 0.483. The van der Waals surface area contributed by atoms with Crippen LogP contribution in [-0.2, 0) is 0 Å². The molecule has 1 aliphatic rings. The highest BCUT2D eigenvalue weighted by Crippen LogP contribution is 2.29. The first-order valence-corrected chi connectivity index (χ1v) is 6.41. The molecule has 0 amide bonds. The molecule has 2 atom stereocenters. The second-order valence-electron chi connectivity index (χ2n) is 4.89. The van der Waals surface area contributed by atoms with Crippen LogP contribution in [0.1, 0.15) is 31.2 Å². The first-order chi connectivity index (χ1) is 8.29. The summed E-state index contributed by atoms with van der Waals surface area (Å²) < 4.78 is 5.65. The van der Waals surface area contributed by atoms with E-state index in [2.05, 4.69) is 9.97 Å². The molecule has 0 aromatic carbocycles. The molecule has 94 valence electrons. The summed E-state index contributed by atoms with van der Waals surface area (Å²) in [5.74, 6) is 1.17. The summed E-state index contributed by atoms with van der Waals surface area (Å²) >= 11 is 0. The molecule has 0 bridgehead atoms. The predicted octanol–water partition coefficient (Wildman–Crippen LogP) is 1.93. The molecule has 0 spiro atoms. The molecule has 4 heteroatoms. The lowest BCUT2D eigenvalue weighted by atomic mass is 9.80. The van der Waals surface area contributed by atoms with E-state index >= 15 is 0 Å². The molecule has 2 unspecified atom stereocenters. The van der Waals surface area contributed by atoms with E-state index in [-0.39, 0.29) is 0 Å². The average molecular weight is 235 g/mol. The van der Waals surface area contributed by atoms with Crippen molar-refractivity contribution in [3.63, 3.8) is 0 Å². The standard InChI is InChI=1S/C13H21N3O/c1-10-7-15-13(16-8-10)17-9-12-5-3-2-4-11(12)6-14/h7-8,11-12H,2-6,9,14H2,1H3. The summed E-state index contributed by atoms with van der Waals surface area (Å²) in [6, 6.07) is 0.483. The highest BCUT2D eigenvalue weighted by Gasteiger charge is 2.24. The largest absolute Gasteiger partial charge is 0.463 e. The fourth-order valence-corrected chi connectivity index (χ4v) is 2.45. The monoisotopic (exact) mass is 235 g/mol. The Morgan fingerprint density at radius 1 is 1.24 bits per heavy atom. The van der Waals surface area contributed by atoms with Gasteiger partial charge in [-0.15, -0.1) is 0 Å². The van der Waals surface area contributed by atoms with E-state index < -0.39 is 0 Å². The molecular weight excluding hydrogens is 214 g/mol. The topological polar surface area (TPSA) is 61.0 Å². The molecule has 1 aliphatic carbocycles. The summed E-state index contributed by atoms with van der Waals surface area (Å²) in [6.07, 6.45) is 8.61. The van der Waals surface area contributed by atoms with E-state index in [1.54, 1.807) is 12.4 Å². The Hall–Kier alpha value is -1.16. The Morgan fingerprint density at radius 2 is 1.88 bits per heavy atom. The van der Waals surface area contributed by atoms with Crippen LogP contribution in [0.4, 0.5) is 0 Å². The van der Waals surface area contributed by atoms with Crippen LogP contribution in [0.25, 0.3) is 0 Å². The van der Waals surface area contributed by atoms with E-state index in [1.807, 2.05) is 6.92 Å². The Labute approximate surface area is 103 Å². The lowest BCUT2D eigenvalue weighted by molar-refractivity contribution is 0.145. The maximum absolute atomic E-state index is 5.80. The van der Waals surface area contributed by atoms with Gasteiger partial charge in [0.1, 0.15) is 0 Å². The van der Waals surface area contributed by atoms with Crippen molar-refractivity contribution in [3.05, 3.63) is 18.0 Å². The molecule has 0 radical (unpaired) electrons. The van der Waals surface area contributed by atoms with Crippen LogP contribution >= 0.6 is 0 Å². The second kappa shape index (κ2) is 5.96. The number of hydrogen-bond acceptors (Lipinski definition) is 4. The Bertz CT molecular complexity index is 339. The van der Waals surface area contributed by atoms with Gasteiger partial charge in [0.15, 0.2) is 0 Å². The number of nitrogens with two attached hydrogens (primary N) is 1. The maximum atomic E-state index is 5.80. The van der Waals surface area contributed by atoms with Crippen LogP contribution in [0.5, 0.6) is 6.01 Å². The van der Waals surface area contributed by atoms with Crippen molar-refractivity contribution in [2.45, 2.75) is 32.6 Å². The number of hydrogen-bond donors (Lipinski definition) is 1. The van der Waals surface area contributed by atoms with Crippen LogP contribution in [0.3, 0.4) is 0 Å². The first kappa shape index (κ1) is 12.3. The molecule has 2 N–H and O–H groups in total. The number of nitrogens with zero attached hydrogens (tertiary/aromatic N) is 2. The Morgan fingerprint density at radius 3 is 2.53 bits per heavy atom. The van der Waals surface area contributed by atoms with Gasteiger partial charge in [-0.25, -0.2) is 9.97 Å². The molecule has 0 saturated heterocycles. The zero-order valence-corrected chi connectivity index (χ0v) is 10.4. The van der Waals surface area contributed by atoms with Crippen molar-refractivity contribution in [1.29, 1.82) is 0 Å². The molecule has 1 saturated carbocycles. The molecule has 1 heterocycles. The third-order valence-electron chi connectivity index (χ3n) is 3.55. The van der Waals surface area contributed by atoms with Crippen molar-refractivity contribution < 1.29 is 4.74 Å². The van der Waals surface area contributed by atoms with Crippen LogP contribution in [0.2, 0.25) is 0 Å². The molecule has 2 rings (SSSR count). The molecular formula is C13H21N3O.